The Morgan fingerprint density at radius 1 is 0.286 bits per heavy atom. The zero-order chi connectivity index (χ0) is 31.9. The van der Waals surface area contributed by atoms with E-state index in [1.807, 2.05) is 18.2 Å². The van der Waals surface area contributed by atoms with Crippen LogP contribution in [-0.4, -0.2) is 19.9 Å². The summed E-state index contributed by atoms with van der Waals surface area (Å²) in [5.74, 6) is 0. The maximum absolute atomic E-state index is 5.33. The van der Waals surface area contributed by atoms with Crippen LogP contribution >= 0.6 is 0 Å². The Balaban J connectivity index is 0.00000348. The minimum Gasteiger partial charge on any atom is -0.354 e. The van der Waals surface area contributed by atoms with E-state index in [0.717, 1.165) is 89.4 Å². The van der Waals surface area contributed by atoms with Crippen molar-refractivity contribution in [2.24, 2.45) is 0 Å². The Labute approximate surface area is 295 Å². The van der Waals surface area contributed by atoms with Gasteiger partial charge in [-0.2, -0.15) is 0 Å². The number of benzene rings is 4. The number of aromatic nitrogens is 4. The molecular formula is C44H30CuN4+2. The van der Waals surface area contributed by atoms with Crippen LogP contribution in [-0.2, 0) is 17.1 Å². The van der Waals surface area contributed by atoms with Gasteiger partial charge in [-0.25, -0.2) is 9.97 Å². The molecule has 9 rings (SSSR count). The fourth-order valence-electron chi connectivity index (χ4n) is 6.84. The van der Waals surface area contributed by atoms with Gasteiger partial charge >= 0.3 is 17.1 Å². The monoisotopic (exact) mass is 677 g/mol. The fourth-order valence-corrected chi connectivity index (χ4v) is 6.84. The van der Waals surface area contributed by atoms with E-state index in [2.05, 4.69) is 162 Å². The summed E-state index contributed by atoms with van der Waals surface area (Å²) < 4.78 is 0. The van der Waals surface area contributed by atoms with Crippen molar-refractivity contribution in [3.8, 4) is 44.5 Å². The summed E-state index contributed by atoms with van der Waals surface area (Å²) in [4.78, 5) is 18.3. The maximum Gasteiger partial charge on any atom is 2.00 e. The fraction of sp³-hybridized carbons (Fsp3) is 0. The van der Waals surface area contributed by atoms with Gasteiger partial charge in [-0.15, -0.1) is 0 Å². The van der Waals surface area contributed by atoms with Crippen LogP contribution < -0.4 is 0 Å². The molecule has 2 N–H and O–H groups in total. The van der Waals surface area contributed by atoms with E-state index in [4.69, 9.17) is 9.97 Å². The minimum atomic E-state index is 0. The Morgan fingerprint density at radius 2 is 0.551 bits per heavy atom. The van der Waals surface area contributed by atoms with Gasteiger partial charge in [-0.05, 0) is 70.8 Å². The zero-order valence-electron chi connectivity index (χ0n) is 26.4. The topological polar surface area (TPSA) is 57.4 Å². The molecule has 0 saturated heterocycles. The van der Waals surface area contributed by atoms with Gasteiger partial charge in [0.05, 0.1) is 22.8 Å². The maximum atomic E-state index is 5.33. The molecule has 2 aliphatic rings. The molecule has 235 valence electrons. The summed E-state index contributed by atoms with van der Waals surface area (Å²) >= 11 is 0. The Morgan fingerprint density at radius 3 is 0.898 bits per heavy atom. The standard InChI is InChI=1S/C44H30N4.Cu/c1-5-13-29(14-6-1)41-33-21-23-35(45-33)42(30-15-7-2-8-16-30)37-25-27-39(47-37)44(32-19-11-4-12-20-32)40-28-26-38(48-40)43(31-17-9-3-10-18-31)36-24-22-34(41)46-36;/h1-28,45-46H;/q;+2. The molecule has 0 atom stereocenters. The van der Waals surface area contributed by atoms with Crippen molar-refractivity contribution < 1.29 is 17.1 Å². The summed E-state index contributed by atoms with van der Waals surface area (Å²) in [5, 5.41) is 0. The molecule has 0 saturated carbocycles. The largest absolute Gasteiger partial charge is 2.00 e. The molecule has 1 radical (unpaired) electrons. The first-order valence-electron chi connectivity index (χ1n) is 16.2. The molecule has 0 spiro atoms. The number of hydrogen-bond acceptors (Lipinski definition) is 2. The van der Waals surface area contributed by atoms with E-state index in [1.54, 1.807) is 0 Å². The molecule has 5 heteroatoms. The van der Waals surface area contributed by atoms with Crippen molar-refractivity contribution >= 4 is 46.4 Å². The summed E-state index contributed by atoms with van der Waals surface area (Å²) in [5.41, 5.74) is 16.2. The summed E-state index contributed by atoms with van der Waals surface area (Å²) in [6.45, 7) is 0. The van der Waals surface area contributed by atoms with Crippen molar-refractivity contribution in [1.29, 1.82) is 0 Å². The molecule has 4 aromatic carbocycles. The van der Waals surface area contributed by atoms with Gasteiger partial charge < -0.3 is 9.97 Å². The van der Waals surface area contributed by atoms with Gasteiger partial charge in [0.1, 0.15) is 0 Å². The van der Waals surface area contributed by atoms with Crippen LogP contribution in [0.2, 0.25) is 0 Å². The first kappa shape index (κ1) is 30.3. The summed E-state index contributed by atoms with van der Waals surface area (Å²) in [7, 11) is 0. The number of H-pyrrole nitrogens is 2. The van der Waals surface area contributed by atoms with Gasteiger partial charge in [0.15, 0.2) is 0 Å². The van der Waals surface area contributed by atoms with Crippen LogP contribution in [0.1, 0.15) is 22.8 Å². The van der Waals surface area contributed by atoms with Crippen LogP contribution in [0.3, 0.4) is 0 Å². The van der Waals surface area contributed by atoms with E-state index in [0.29, 0.717) is 0 Å². The first-order valence-corrected chi connectivity index (χ1v) is 16.2. The number of fused-ring (bicyclic) bond motifs is 8. The average molecular weight is 678 g/mol. The predicted octanol–water partition coefficient (Wildman–Crippen LogP) is 11.3. The summed E-state index contributed by atoms with van der Waals surface area (Å²) in [6.07, 6.45) is 8.50. The zero-order valence-corrected chi connectivity index (χ0v) is 27.3. The van der Waals surface area contributed by atoms with Crippen molar-refractivity contribution in [2.45, 2.75) is 0 Å². The van der Waals surface area contributed by atoms with Gasteiger partial charge in [0.2, 0.25) is 0 Å². The molecule has 3 aromatic heterocycles. The van der Waals surface area contributed by atoms with Crippen molar-refractivity contribution in [1.82, 2.24) is 19.9 Å². The number of aromatic amines is 2. The third-order valence-corrected chi connectivity index (χ3v) is 9.00. The van der Waals surface area contributed by atoms with E-state index in [1.165, 1.54) is 0 Å². The second kappa shape index (κ2) is 12.9. The third-order valence-electron chi connectivity index (χ3n) is 9.00. The van der Waals surface area contributed by atoms with Crippen LogP contribution in [0.4, 0.5) is 0 Å². The number of rotatable bonds is 4. The minimum absolute atomic E-state index is 0. The van der Waals surface area contributed by atoms with Crippen LogP contribution in [0, 0.1) is 0 Å². The SMILES string of the molecule is C1=Cc2nc1c(-c1ccccc1)c1nc(c(-c3ccccc3)c3ccc([nH]3)c(-c3ccccc3)c3ccc([nH]3)c2-c2ccccc2)C=C1.[Cu+2]. The second-order valence-corrected chi connectivity index (χ2v) is 12.0. The van der Waals surface area contributed by atoms with Crippen LogP contribution in [0.15, 0.2) is 146 Å². The van der Waals surface area contributed by atoms with E-state index < -0.39 is 0 Å². The number of hydrogen-bond donors (Lipinski definition) is 2. The molecule has 5 heterocycles. The van der Waals surface area contributed by atoms with E-state index >= 15 is 0 Å². The molecule has 7 aromatic rings. The second-order valence-electron chi connectivity index (χ2n) is 12.0. The predicted molar refractivity (Wildman–Crippen MR) is 201 cm³/mol. The normalized spacial score (nSPS) is 11.8. The van der Waals surface area contributed by atoms with Crippen LogP contribution in [0.25, 0.3) is 90.9 Å². The van der Waals surface area contributed by atoms with Gasteiger partial charge in [-0.3, -0.25) is 0 Å². The number of nitrogens with one attached hydrogen (secondary N) is 2. The average Bonchev–Trinajstić information content (AvgIpc) is 3.98. The van der Waals surface area contributed by atoms with Gasteiger partial charge in [0, 0.05) is 44.3 Å². The molecule has 0 unspecified atom stereocenters. The van der Waals surface area contributed by atoms with Crippen molar-refractivity contribution in [3.63, 3.8) is 0 Å². The first-order chi connectivity index (χ1) is 23.8. The molecule has 0 amide bonds. The van der Waals surface area contributed by atoms with E-state index in [9.17, 15) is 0 Å². The molecule has 2 aliphatic heterocycles. The molecule has 49 heavy (non-hydrogen) atoms. The Kier molecular flexibility index (Phi) is 7.98. The third kappa shape index (κ3) is 5.55. The number of nitrogens with zero attached hydrogens (tertiary/aromatic N) is 2. The van der Waals surface area contributed by atoms with Crippen LogP contribution in [0.5, 0.6) is 0 Å². The molecule has 4 nitrogen and oxygen atoms in total. The molecule has 8 bridgehead atoms. The van der Waals surface area contributed by atoms with Gasteiger partial charge in [0.25, 0.3) is 0 Å². The smallest absolute Gasteiger partial charge is 0.354 e. The quantitative estimate of drug-likeness (QED) is 0.182. The Bertz CT molecular complexity index is 2390. The van der Waals surface area contributed by atoms with Gasteiger partial charge in [-0.1, -0.05) is 121 Å². The van der Waals surface area contributed by atoms with Crippen molar-refractivity contribution in [2.75, 3.05) is 0 Å². The molecular weight excluding hydrogens is 648 g/mol. The Hall–Kier alpha value is -6.00. The molecule has 0 aliphatic carbocycles. The summed E-state index contributed by atoms with van der Waals surface area (Å²) in [6, 6.07) is 50.7. The van der Waals surface area contributed by atoms with Crippen molar-refractivity contribution in [3.05, 3.63) is 168 Å². The molecule has 0 fully saturated rings. The van der Waals surface area contributed by atoms with E-state index in [-0.39, 0.29) is 17.1 Å².